The van der Waals surface area contributed by atoms with E-state index in [1.807, 2.05) is 5.38 Å². The van der Waals surface area contributed by atoms with Crippen LogP contribution in [0, 0.1) is 0 Å². The third-order valence-electron chi connectivity index (χ3n) is 2.29. The summed E-state index contributed by atoms with van der Waals surface area (Å²) in [6.45, 7) is 0.136. The first-order valence-corrected chi connectivity index (χ1v) is 5.51. The third kappa shape index (κ3) is 2.07. The highest BCUT2D eigenvalue weighted by molar-refractivity contribution is 7.09. The molecular weight excluding hydrogens is 184 g/mol. The number of thiazole rings is 1. The molecule has 1 saturated carbocycles. The molecule has 1 aromatic rings. The van der Waals surface area contributed by atoms with Gasteiger partial charge in [-0.2, -0.15) is 0 Å². The summed E-state index contributed by atoms with van der Waals surface area (Å²) in [6.07, 6.45) is 3.16. The quantitative estimate of drug-likeness (QED) is 0.769. The molecule has 3 N–H and O–H groups in total. The molecule has 0 spiro atoms. The number of aromatic nitrogens is 1. The Labute approximate surface area is 81.6 Å². The van der Waals surface area contributed by atoms with Crippen molar-refractivity contribution in [2.24, 2.45) is 5.73 Å². The van der Waals surface area contributed by atoms with E-state index in [1.165, 1.54) is 17.8 Å². The van der Waals surface area contributed by atoms with Gasteiger partial charge >= 0.3 is 0 Å². The van der Waals surface area contributed by atoms with Crippen molar-refractivity contribution in [3.63, 3.8) is 0 Å². The summed E-state index contributed by atoms with van der Waals surface area (Å²) >= 11 is 1.70. The van der Waals surface area contributed by atoms with Crippen LogP contribution in [0.3, 0.4) is 0 Å². The Balaban J connectivity index is 2.03. The van der Waals surface area contributed by atoms with Crippen molar-refractivity contribution >= 4 is 11.3 Å². The van der Waals surface area contributed by atoms with Gasteiger partial charge in [0.25, 0.3) is 0 Å². The third-order valence-corrected chi connectivity index (χ3v) is 3.31. The van der Waals surface area contributed by atoms with Crippen LogP contribution in [-0.4, -0.2) is 16.7 Å². The second-order valence-electron chi connectivity index (χ2n) is 3.50. The largest absolute Gasteiger partial charge is 0.396 e. The monoisotopic (exact) mass is 198 g/mol. The molecule has 1 aromatic heterocycles. The van der Waals surface area contributed by atoms with E-state index in [2.05, 4.69) is 4.98 Å². The molecule has 13 heavy (non-hydrogen) atoms. The van der Waals surface area contributed by atoms with Crippen LogP contribution in [-0.2, 0) is 0 Å². The maximum Gasteiger partial charge on any atom is 0.0959 e. The fourth-order valence-corrected chi connectivity index (χ4v) is 2.33. The molecule has 1 atom stereocenters. The van der Waals surface area contributed by atoms with Crippen LogP contribution in [0.4, 0.5) is 0 Å². The van der Waals surface area contributed by atoms with E-state index in [1.54, 1.807) is 11.3 Å². The van der Waals surface area contributed by atoms with Gasteiger partial charge in [-0.05, 0) is 19.3 Å². The standard InChI is InChI=1S/C9H14N2OS/c10-7(3-4-12)8-5-13-9(11-8)6-1-2-6/h5-7,12H,1-4,10H2. The molecule has 1 unspecified atom stereocenters. The Morgan fingerprint density at radius 3 is 3.08 bits per heavy atom. The van der Waals surface area contributed by atoms with Crippen molar-refractivity contribution in [3.05, 3.63) is 16.1 Å². The molecule has 1 heterocycles. The molecule has 2 rings (SSSR count). The highest BCUT2D eigenvalue weighted by Crippen LogP contribution is 2.41. The lowest BCUT2D eigenvalue weighted by Gasteiger charge is -2.04. The summed E-state index contributed by atoms with van der Waals surface area (Å²) in [4.78, 5) is 4.47. The Bertz CT molecular complexity index is 283. The molecule has 4 heteroatoms. The zero-order chi connectivity index (χ0) is 9.26. The summed E-state index contributed by atoms with van der Waals surface area (Å²) in [5.41, 5.74) is 6.77. The molecule has 72 valence electrons. The van der Waals surface area contributed by atoms with Gasteiger partial charge in [-0.3, -0.25) is 0 Å². The predicted molar refractivity (Wildman–Crippen MR) is 52.7 cm³/mol. The number of hydrogen-bond acceptors (Lipinski definition) is 4. The number of rotatable bonds is 4. The molecule has 0 radical (unpaired) electrons. The minimum Gasteiger partial charge on any atom is -0.396 e. The molecule has 1 aliphatic rings. The Morgan fingerprint density at radius 1 is 1.69 bits per heavy atom. The van der Waals surface area contributed by atoms with Crippen LogP contribution in [0.15, 0.2) is 5.38 Å². The van der Waals surface area contributed by atoms with Crippen LogP contribution >= 0.6 is 11.3 Å². The van der Waals surface area contributed by atoms with E-state index < -0.39 is 0 Å². The van der Waals surface area contributed by atoms with E-state index in [0.717, 1.165) is 5.69 Å². The van der Waals surface area contributed by atoms with Gasteiger partial charge in [0, 0.05) is 17.9 Å². The average Bonchev–Trinajstić information content (AvgIpc) is 2.84. The molecule has 0 bridgehead atoms. The molecule has 1 aliphatic carbocycles. The minimum atomic E-state index is -0.0891. The first-order valence-electron chi connectivity index (χ1n) is 4.63. The maximum absolute atomic E-state index is 8.72. The second kappa shape index (κ2) is 3.74. The van der Waals surface area contributed by atoms with Crippen molar-refractivity contribution in [1.29, 1.82) is 0 Å². The lowest BCUT2D eigenvalue weighted by molar-refractivity contribution is 0.276. The summed E-state index contributed by atoms with van der Waals surface area (Å²) in [7, 11) is 0. The van der Waals surface area contributed by atoms with Crippen molar-refractivity contribution in [3.8, 4) is 0 Å². The lowest BCUT2D eigenvalue weighted by atomic mass is 10.2. The molecule has 0 aliphatic heterocycles. The summed E-state index contributed by atoms with van der Waals surface area (Å²) in [6, 6.07) is -0.0891. The zero-order valence-electron chi connectivity index (χ0n) is 7.44. The Hall–Kier alpha value is -0.450. The normalized spacial score (nSPS) is 18.9. The molecule has 3 nitrogen and oxygen atoms in total. The van der Waals surface area contributed by atoms with Crippen molar-refractivity contribution < 1.29 is 5.11 Å². The highest BCUT2D eigenvalue weighted by atomic mass is 32.1. The van der Waals surface area contributed by atoms with E-state index >= 15 is 0 Å². The Kier molecular flexibility index (Phi) is 2.62. The van der Waals surface area contributed by atoms with Crippen molar-refractivity contribution in [1.82, 2.24) is 4.98 Å². The highest BCUT2D eigenvalue weighted by Gasteiger charge is 2.27. The fraction of sp³-hybridized carbons (Fsp3) is 0.667. The van der Waals surface area contributed by atoms with Crippen LogP contribution in [0.2, 0.25) is 0 Å². The van der Waals surface area contributed by atoms with E-state index in [4.69, 9.17) is 10.8 Å². The topological polar surface area (TPSA) is 59.1 Å². The SMILES string of the molecule is NC(CCO)c1csc(C2CC2)n1. The van der Waals surface area contributed by atoms with Crippen molar-refractivity contribution in [2.75, 3.05) is 6.61 Å². The first-order chi connectivity index (χ1) is 6.31. The van der Waals surface area contributed by atoms with E-state index in [-0.39, 0.29) is 12.6 Å². The van der Waals surface area contributed by atoms with Crippen LogP contribution < -0.4 is 5.73 Å². The summed E-state index contributed by atoms with van der Waals surface area (Å²) in [5.74, 6) is 0.708. The Morgan fingerprint density at radius 2 is 2.46 bits per heavy atom. The van der Waals surface area contributed by atoms with Gasteiger partial charge in [-0.1, -0.05) is 0 Å². The smallest absolute Gasteiger partial charge is 0.0959 e. The number of aliphatic hydroxyl groups excluding tert-OH is 1. The maximum atomic E-state index is 8.72. The van der Waals surface area contributed by atoms with E-state index in [0.29, 0.717) is 12.3 Å². The average molecular weight is 198 g/mol. The number of aliphatic hydroxyl groups is 1. The van der Waals surface area contributed by atoms with Crippen LogP contribution in [0.1, 0.15) is 41.9 Å². The molecule has 1 fully saturated rings. The van der Waals surface area contributed by atoms with Gasteiger partial charge in [0.1, 0.15) is 0 Å². The first kappa shape index (κ1) is 9.12. The summed E-state index contributed by atoms with van der Waals surface area (Å²) in [5, 5.41) is 12.0. The molecule has 0 amide bonds. The van der Waals surface area contributed by atoms with Gasteiger partial charge in [-0.15, -0.1) is 11.3 Å². The second-order valence-corrected chi connectivity index (χ2v) is 4.39. The number of hydrogen-bond donors (Lipinski definition) is 2. The minimum absolute atomic E-state index is 0.0891. The zero-order valence-corrected chi connectivity index (χ0v) is 8.26. The van der Waals surface area contributed by atoms with Gasteiger partial charge in [0.2, 0.25) is 0 Å². The fourth-order valence-electron chi connectivity index (χ4n) is 1.28. The summed E-state index contributed by atoms with van der Waals surface area (Å²) < 4.78 is 0. The molecule has 0 aromatic carbocycles. The predicted octanol–water partition coefficient (Wildman–Crippen LogP) is 1.40. The van der Waals surface area contributed by atoms with Gasteiger partial charge in [0.15, 0.2) is 0 Å². The van der Waals surface area contributed by atoms with Crippen LogP contribution in [0.5, 0.6) is 0 Å². The molecule has 0 saturated heterocycles. The van der Waals surface area contributed by atoms with Crippen molar-refractivity contribution in [2.45, 2.75) is 31.2 Å². The molecular formula is C9H14N2OS. The van der Waals surface area contributed by atoms with Gasteiger partial charge < -0.3 is 10.8 Å². The van der Waals surface area contributed by atoms with Crippen LogP contribution in [0.25, 0.3) is 0 Å². The lowest BCUT2D eigenvalue weighted by Crippen LogP contribution is -2.12. The van der Waals surface area contributed by atoms with Gasteiger partial charge in [-0.25, -0.2) is 4.98 Å². The number of nitrogens with two attached hydrogens (primary N) is 1. The van der Waals surface area contributed by atoms with E-state index in [9.17, 15) is 0 Å². The van der Waals surface area contributed by atoms with Gasteiger partial charge in [0.05, 0.1) is 16.7 Å². The number of nitrogens with zero attached hydrogens (tertiary/aromatic N) is 1.